The zero-order valence-electron chi connectivity index (χ0n) is 11.5. The van der Waals surface area contributed by atoms with Crippen molar-refractivity contribution in [2.24, 2.45) is 0 Å². The number of hydrogen-bond acceptors (Lipinski definition) is 4. The topological polar surface area (TPSA) is 67.2 Å². The highest BCUT2D eigenvalue weighted by Gasteiger charge is 2.29. The second kappa shape index (κ2) is 5.96. The first-order valence-corrected chi connectivity index (χ1v) is 8.52. The van der Waals surface area contributed by atoms with E-state index in [4.69, 9.17) is 11.6 Å². The fourth-order valence-corrected chi connectivity index (χ4v) is 4.02. The SMILES string of the molecule is O=S(=O)(c1ccnn1-c1ccc(Cl)cc1F)N1CCNCC1. The van der Waals surface area contributed by atoms with Crippen molar-refractivity contribution in [3.63, 3.8) is 0 Å². The van der Waals surface area contributed by atoms with Crippen LogP contribution in [0.3, 0.4) is 0 Å². The first kappa shape index (κ1) is 15.4. The molecule has 1 aromatic carbocycles. The van der Waals surface area contributed by atoms with E-state index >= 15 is 0 Å². The summed E-state index contributed by atoms with van der Waals surface area (Å²) in [5.41, 5.74) is 0.0445. The lowest BCUT2D eigenvalue weighted by Crippen LogP contribution is -2.46. The molecule has 3 rings (SSSR count). The Labute approximate surface area is 132 Å². The van der Waals surface area contributed by atoms with Gasteiger partial charge in [-0.2, -0.15) is 9.40 Å². The Hall–Kier alpha value is -1.48. The van der Waals surface area contributed by atoms with Crippen LogP contribution in [0.4, 0.5) is 4.39 Å². The maximum Gasteiger partial charge on any atom is 0.260 e. The normalized spacial score (nSPS) is 16.8. The van der Waals surface area contributed by atoms with Gasteiger partial charge in [0.25, 0.3) is 10.0 Å². The molecule has 1 aromatic heterocycles. The van der Waals surface area contributed by atoms with Crippen LogP contribution in [-0.4, -0.2) is 48.7 Å². The molecule has 0 saturated carbocycles. The third-order valence-corrected chi connectivity index (χ3v) is 5.54. The van der Waals surface area contributed by atoms with E-state index in [2.05, 4.69) is 10.4 Å². The van der Waals surface area contributed by atoms with Gasteiger partial charge in [0.05, 0.1) is 6.20 Å². The third-order valence-electron chi connectivity index (χ3n) is 3.43. The number of hydrogen-bond donors (Lipinski definition) is 1. The average Bonchev–Trinajstić information content (AvgIpc) is 2.98. The second-order valence-electron chi connectivity index (χ2n) is 4.83. The molecule has 1 aliphatic heterocycles. The fourth-order valence-electron chi connectivity index (χ4n) is 2.34. The summed E-state index contributed by atoms with van der Waals surface area (Å²) < 4.78 is 41.9. The summed E-state index contributed by atoms with van der Waals surface area (Å²) in [6.07, 6.45) is 1.34. The van der Waals surface area contributed by atoms with Crippen LogP contribution in [-0.2, 0) is 10.0 Å². The molecule has 6 nitrogen and oxygen atoms in total. The van der Waals surface area contributed by atoms with E-state index in [1.807, 2.05) is 0 Å². The van der Waals surface area contributed by atoms with Gasteiger partial charge in [0, 0.05) is 31.2 Å². The van der Waals surface area contributed by atoms with Crippen LogP contribution >= 0.6 is 11.6 Å². The Morgan fingerprint density at radius 1 is 1.23 bits per heavy atom. The predicted octanol–water partition coefficient (Wildman–Crippen LogP) is 1.26. The molecule has 2 heterocycles. The maximum absolute atomic E-state index is 14.1. The Morgan fingerprint density at radius 2 is 1.95 bits per heavy atom. The van der Waals surface area contributed by atoms with Crippen molar-refractivity contribution in [2.75, 3.05) is 26.2 Å². The van der Waals surface area contributed by atoms with Gasteiger partial charge in [-0.05, 0) is 24.3 Å². The molecule has 1 N–H and O–H groups in total. The molecule has 1 saturated heterocycles. The van der Waals surface area contributed by atoms with Crippen LogP contribution in [0.2, 0.25) is 5.02 Å². The summed E-state index contributed by atoms with van der Waals surface area (Å²) in [5.74, 6) is -0.632. The number of aromatic nitrogens is 2. The first-order chi connectivity index (χ1) is 10.5. The van der Waals surface area contributed by atoms with Crippen molar-refractivity contribution in [1.29, 1.82) is 0 Å². The average molecular weight is 345 g/mol. The van der Waals surface area contributed by atoms with E-state index in [0.29, 0.717) is 26.2 Å². The number of sulfonamides is 1. The molecule has 2 aromatic rings. The van der Waals surface area contributed by atoms with Crippen LogP contribution in [0.25, 0.3) is 5.69 Å². The van der Waals surface area contributed by atoms with Crippen molar-refractivity contribution in [3.05, 3.63) is 41.3 Å². The molecular formula is C13H14ClFN4O2S. The Kier molecular flexibility index (Phi) is 4.18. The number of nitrogens with zero attached hydrogens (tertiary/aromatic N) is 3. The monoisotopic (exact) mass is 344 g/mol. The molecule has 0 aliphatic carbocycles. The molecule has 22 heavy (non-hydrogen) atoms. The lowest BCUT2D eigenvalue weighted by Gasteiger charge is -2.26. The van der Waals surface area contributed by atoms with Crippen LogP contribution in [0.15, 0.2) is 35.5 Å². The standard InChI is InChI=1S/C13H14ClFN4O2S/c14-10-1-2-12(11(15)9-10)19-13(3-4-17-19)22(20,21)18-7-5-16-6-8-18/h1-4,9,16H,5-8H2. The molecular weight excluding hydrogens is 331 g/mol. The van der Waals surface area contributed by atoms with Crippen LogP contribution in [0, 0.1) is 5.82 Å². The number of rotatable bonds is 3. The molecule has 0 bridgehead atoms. The Morgan fingerprint density at radius 3 is 2.64 bits per heavy atom. The minimum atomic E-state index is -3.73. The molecule has 0 unspecified atom stereocenters. The highest BCUT2D eigenvalue weighted by Crippen LogP contribution is 2.23. The predicted molar refractivity (Wildman–Crippen MR) is 80.2 cm³/mol. The molecule has 1 fully saturated rings. The van der Waals surface area contributed by atoms with Gasteiger partial charge >= 0.3 is 0 Å². The smallest absolute Gasteiger partial charge is 0.260 e. The van der Waals surface area contributed by atoms with Crippen molar-refractivity contribution in [3.8, 4) is 5.69 Å². The highest BCUT2D eigenvalue weighted by molar-refractivity contribution is 7.89. The molecule has 0 atom stereocenters. The Bertz CT molecular complexity index is 787. The molecule has 9 heteroatoms. The highest BCUT2D eigenvalue weighted by atomic mass is 35.5. The Balaban J connectivity index is 2.05. The van der Waals surface area contributed by atoms with E-state index in [0.717, 1.165) is 10.7 Å². The summed E-state index contributed by atoms with van der Waals surface area (Å²) in [7, 11) is -3.73. The van der Waals surface area contributed by atoms with E-state index in [9.17, 15) is 12.8 Å². The zero-order valence-corrected chi connectivity index (χ0v) is 13.1. The fraction of sp³-hybridized carbons (Fsp3) is 0.308. The molecule has 1 aliphatic rings. The summed E-state index contributed by atoms with van der Waals surface area (Å²) in [5, 5.41) is 7.22. The maximum atomic E-state index is 14.1. The van der Waals surface area contributed by atoms with Gasteiger partial charge in [0.2, 0.25) is 0 Å². The summed E-state index contributed by atoms with van der Waals surface area (Å²) in [6, 6.07) is 5.38. The first-order valence-electron chi connectivity index (χ1n) is 6.70. The summed E-state index contributed by atoms with van der Waals surface area (Å²) in [6.45, 7) is 1.92. The largest absolute Gasteiger partial charge is 0.314 e. The quantitative estimate of drug-likeness (QED) is 0.910. The van der Waals surface area contributed by atoms with Gasteiger partial charge in [-0.15, -0.1) is 0 Å². The van der Waals surface area contributed by atoms with Crippen molar-refractivity contribution < 1.29 is 12.8 Å². The van der Waals surface area contributed by atoms with Crippen molar-refractivity contribution in [1.82, 2.24) is 19.4 Å². The van der Waals surface area contributed by atoms with Gasteiger partial charge in [-0.25, -0.2) is 17.5 Å². The molecule has 118 valence electrons. The third kappa shape index (κ3) is 2.74. The van der Waals surface area contributed by atoms with Gasteiger partial charge in [-0.1, -0.05) is 11.6 Å². The van der Waals surface area contributed by atoms with Gasteiger partial charge in [0.15, 0.2) is 5.03 Å². The van der Waals surface area contributed by atoms with Gasteiger partial charge in [0.1, 0.15) is 11.5 Å². The van der Waals surface area contributed by atoms with E-state index in [1.165, 1.54) is 28.7 Å². The van der Waals surface area contributed by atoms with Crippen molar-refractivity contribution >= 4 is 21.6 Å². The minimum absolute atomic E-state index is 0.0445. The van der Waals surface area contributed by atoms with E-state index in [1.54, 1.807) is 0 Å². The number of benzene rings is 1. The van der Waals surface area contributed by atoms with Gasteiger partial charge < -0.3 is 5.32 Å². The van der Waals surface area contributed by atoms with E-state index < -0.39 is 15.8 Å². The van der Waals surface area contributed by atoms with Crippen LogP contribution in [0.1, 0.15) is 0 Å². The summed E-state index contributed by atoms with van der Waals surface area (Å²) in [4.78, 5) is 0. The number of nitrogens with one attached hydrogen (secondary N) is 1. The zero-order chi connectivity index (χ0) is 15.7. The lowest BCUT2D eigenvalue weighted by molar-refractivity contribution is 0.357. The van der Waals surface area contributed by atoms with Crippen molar-refractivity contribution in [2.45, 2.75) is 5.03 Å². The van der Waals surface area contributed by atoms with E-state index in [-0.39, 0.29) is 15.7 Å². The van der Waals surface area contributed by atoms with Crippen LogP contribution < -0.4 is 5.32 Å². The molecule has 0 amide bonds. The number of halogens is 2. The molecule has 0 spiro atoms. The summed E-state index contributed by atoms with van der Waals surface area (Å²) >= 11 is 5.73. The second-order valence-corrected chi connectivity index (χ2v) is 7.15. The number of piperazine rings is 1. The lowest BCUT2D eigenvalue weighted by atomic mass is 10.3. The minimum Gasteiger partial charge on any atom is -0.314 e. The van der Waals surface area contributed by atoms with Gasteiger partial charge in [-0.3, -0.25) is 0 Å². The molecule has 0 radical (unpaired) electrons. The van der Waals surface area contributed by atoms with Crippen LogP contribution in [0.5, 0.6) is 0 Å².